The van der Waals surface area contributed by atoms with E-state index in [1.54, 1.807) is 6.07 Å². The number of aromatic nitrogens is 4. The van der Waals surface area contributed by atoms with Crippen LogP contribution in [0.4, 0.5) is 8.78 Å². The minimum absolute atomic E-state index is 0.00959. The summed E-state index contributed by atoms with van der Waals surface area (Å²) in [6.07, 6.45) is 1.48. The van der Waals surface area contributed by atoms with Gasteiger partial charge in [-0.1, -0.05) is 0 Å². The number of benzene rings is 1. The number of halogens is 2. The zero-order valence-corrected chi connectivity index (χ0v) is 12.9. The van der Waals surface area contributed by atoms with E-state index in [1.165, 1.54) is 18.3 Å². The maximum Gasteiger partial charge on any atom is 0.387 e. The molecule has 2 aromatic heterocycles. The SMILES string of the molecule is CC(C)NC(=O)c1c[nH]nc1-c1nc2cc(OC(F)F)ccc2[nH]1. The number of aromatic amines is 2. The van der Waals surface area contributed by atoms with Crippen molar-refractivity contribution in [1.82, 2.24) is 25.5 Å². The largest absolute Gasteiger partial charge is 0.435 e. The molecular formula is C15H15F2N5O2. The van der Waals surface area contributed by atoms with Crippen LogP contribution in [0.3, 0.4) is 0 Å². The summed E-state index contributed by atoms with van der Waals surface area (Å²) in [5, 5.41) is 9.46. The molecule has 0 atom stereocenters. The Balaban J connectivity index is 1.96. The lowest BCUT2D eigenvalue weighted by Gasteiger charge is -2.07. The van der Waals surface area contributed by atoms with Crippen molar-refractivity contribution in [3.8, 4) is 17.3 Å². The van der Waals surface area contributed by atoms with Crippen molar-refractivity contribution in [2.24, 2.45) is 0 Å². The van der Waals surface area contributed by atoms with Crippen molar-refractivity contribution in [1.29, 1.82) is 0 Å². The highest BCUT2D eigenvalue weighted by Gasteiger charge is 2.19. The highest BCUT2D eigenvalue weighted by molar-refractivity contribution is 5.99. The first-order chi connectivity index (χ1) is 11.4. The number of ether oxygens (including phenoxy) is 1. The van der Waals surface area contributed by atoms with E-state index in [1.807, 2.05) is 13.8 Å². The molecule has 126 valence electrons. The molecule has 3 aromatic rings. The van der Waals surface area contributed by atoms with Crippen LogP contribution >= 0.6 is 0 Å². The topological polar surface area (TPSA) is 95.7 Å². The van der Waals surface area contributed by atoms with Gasteiger partial charge in [-0.15, -0.1) is 0 Å². The Morgan fingerprint density at radius 3 is 2.83 bits per heavy atom. The number of carbonyl (C=O) groups is 1. The molecule has 7 nitrogen and oxygen atoms in total. The van der Waals surface area contributed by atoms with Crippen molar-refractivity contribution < 1.29 is 18.3 Å². The van der Waals surface area contributed by atoms with Gasteiger partial charge < -0.3 is 15.0 Å². The summed E-state index contributed by atoms with van der Waals surface area (Å²) < 4.78 is 28.9. The molecule has 3 rings (SSSR count). The van der Waals surface area contributed by atoms with Crippen LogP contribution in [0.2, 0.25) is 0 Å². The number of hydrogen-bond donors (Lipinski definition) is 3. The highest BCUT2D eigenvalue weighted by Crippen LogP contribution is 2.25. The summed E-state index contributed by atoms with van der Waals surface area (Å²) in [5.74, 6) is 0.0839. The molecule has 0 aliphatic carbocycles. The van der Waals surface area contributed by atoms with Crippen molar-refractivity contribution in [2.45, 2.75) is 26.5 Å². The van der Waals surface area contributed by atoms with Gasteiger partial charge in [-0.25, -0.2) is 4.98 Å². The molecule has 0 unspecified atom stereocenters. The fourth-order valence-corrected chi connectivity index (χ4v) is 2.26. The van der Waals surface area contributed by atoms with E-state index in [4.69, 9.17) is 0 Å². The molecule has 0 aliphatic heterocycles. The summed E-state index contributed by atoms with van der Waals surface area (Å²) in [7, 11) is 0. The first-order valence-corrected chi connectivity index (χ1v) is 7.23. The number of hydrogen-bond acceptors (Lipinski definition) is 4. The Hall–Kier alpha value is -2.97. The van der Waals surface area contributed by atoms with E-state index >= 15 is 0 Å². The fourth-order valence-electron chi connectivity index (χ4n) is 2.26. The molecule has 0 aliphatic rings. The molecule has 9 heteroatoms. The summed E-state index contributed by atoms with van der Waals surface area (Å²) >= 11 is 0. The van der Waals surface area contributed by atoms with Gasteiger partial charge in [-0.2, -0.15) is 13.9 Å². The van der Waals surface area contributed by atoms with Crippen LogP contribution in [0.15, 0.2) is 24.4 Å². The van der Waals surface area contributed by atoms with Crippen LogP contribution in [0, 0.1) is 0 Å². The Morgan fingerprint density at radius 2 is 2.12 bits per heavy atom. The Morgan fingerprint density at radius 1 is 1.33 bits per heavy atom. The minimum atomic E-state index is -2.90. The maximum atomic E-state index is 12.3. The molecule has 0 bridgehead atoms. The zero-order chi connectivity index (χ0) is 17.3. The van der Waals surface area contributed by atoms with Gasteiger partial charge in [-0.3, -0.25) is 9.89 Å². The van der Waals surface area contributed by atoms with E-state index in [9.17, 15) is 13.6 Å². The van der Waals surface area contributed by atoms with Crippen molar-refractivity contribution in [3.05, 3.63) is 30.0 Å². The van der Waals surface area contributed by atoms with Gasteiger partial charge in [0.1, 0.15) is 11.4 Å². The van der Waals surface area contributed by atoms with Crippen LogP contribution in [0.5, 0.6) is 5.75 Å². The zero-order valence-electron chi connectivity index (χ0n) is 12.9. The van der Waals surface area contributed by atoms with Crippen LogP contribution in [-0.4, -0.2) is 38.7 Å². The average Bonchev–Trinajstić information content (AvgIpc) is 3.11. The maximum absolute atomic E-state index is 12.3. The van der Waals surface area contributed by atoms with Gasteiger partial charge in [0.2, 0.25) is 0 Å². The summed E-state index contributed by atoms with van der Waals surface area (Å²) in [6.45, 7) is 0.797. The van der Waals surface area contributed by atoms with Gasteiger partial charge in [0.15, 0.2) is 5.82 Å². The van der Waals surface area contributed by atoms with Gasteiger partial charge in [0, 0.05) is 18.3 Å². The number of nitrogens with zero attached hydrogens (tertiary/aromatic N) is 2. The first-order valence-electron chi connectivity index (χ1n) is 7.23. The molecule has 24 heavy (non-hydrogen) atoms. The van der Waals surface area contributed by atoms with E-state index in [0.29, 0.717) is 28.1 Å². The number of carbonyl (C=O) groups excluding carboxylic acids is 1. The third-order valence-corrected chi connectivity index (χ3v) is 3.21. The fraction of sp³-hybridized carbons (Fsp3) is 0.267. The molecule has 1 amide bonds. The van der Waals surface area contributed by atoms with Gasteiger partial charge in [-0.05, 0) is 26.0 Å². The summed E-state index contributed by atoms with van der Waals surface area (Å²) in [4.78, 5) is 19.5. The number of rotatable bonds is 5. The monoisotopic (exact) mass is 335 g/mol. The Kier molecular flexibility index (Phi) is 4.15. The smallest absolute Gasteiger partial charge is 0.387 e. The molecule has 0 saturated heterocycles. The number of alkyl halides is 2. The third kappa shape index (κ3) is 3.19. The van der Waals surface area contributed by atoms with Crippen molar-refractivity contribution in [2.75, 3.05) is 0 Å². The normalized spacial score (nSPS) is 11.4. The van der Waals surface area contributed by atoms with Crippen LogP contribution < -0.4 is 10.1 Å². The predicted octanol–water partition coefficient (Wildman–Crippen LogP) is 2.69. The van der Waals surface area contributed by atoms with Gasteiger partial charge in [0.05, 0.1) is 16.6 Å². The molecular weight excluding hydrogens is 320 g/mol. The lowest BCUT2D eigenvalue weighted by atomic mass is 10.2. The number of imidazole rings is 1. The van der Waals surface area contributed by atoms with Gasteiger partial charge in [0.25, 0.3) is 5.91 Å². The lowest BCUT2D eigenvalue weighted by Crippen LogP contribution is -2.30. The van der Waals surface area contributed by atoms with Crippen molar-refractivity contribution >= 4 is 16.9 Å². The van der Waals surface area contributed by atoms with E-state index in [2.05, 4.69) is 30.2 Å². The summed E-state index contributed by atoms with van der Waals surface area (Å²) in [6, 6.07) is 4.35. The molecule has 3 N–H and O–H groups in total. The molecule has 0 spiro atoms. The number of amides is 1. The second-order valence-corrected chi connectivity index (χ2v) is 5.42. The number of H-pyrrole nitrogens is 2. The third-order valence-electron chi connectivity index (χ3n) is 3.21. The average molecular weight is 335 g/mol. The molecule has 1 aromatic carbocycles. The highest BCUT2D eigenvalue weighted by atomic mass is 19.3. The minimum Gasteiger partial charge on any atom is -0.435 e. The summed E-state index contributed by atoms with van der Waals surface area (Å²) in [5.41, 5.74) is 1.73. The molecule has 0 saturated carbocycles. The first kappa shape index (κ1) is 15.9. The van der Waals surface area contributed by atoms with Crippen LogP contribution in [-0.2, 0) is 0 Å². The van der Waals surface area contributed by atoms with Crippen LogP contribution in [0.1, 0.15) is 24.2 Å². The Labute approximate surface area is 135 Å². The molecule has 2 heterocycles. The predicted molar refractivity (Wildman–Crippen MR) is 82.9 cm³/mol. The van der Waals surface area contributed by atoms with E-state index < -0.39 is 6.61 Å². The molecule has 0 fully saturated rings. The van der Waals surface area contributed by atoms with Crippen LogP contribution in [0.25, 0.3) is 22.6 Å². The Bertz CT molecular complexity index is 872. The lowest BCUT2D eigenvalue weighted by molar-refractivity contribution is -0.0497. The van der Waals surface area contributed by atoms with E-state index in [-0.39, 0.29) is 17.7 Å². The standard InChI is InChI=1S/C15H15F2N5O2/c1-7(2)19-14(23)9-6-18-22-12(9)13-20-10-4-3-8(24-15(16)17)5-11(10)21-13/h3-7,15H,1-2H3,(H,18,22)(H,19,23)(H,20,21). The van der Waals surface area contributed by atoms with Gasteiger partial charge >= 0.3 is 6.61 Å². The number of fused-ring (bicyclic) bond motifs is 1. The molecule has 0 radical (unpaired) electrons. The second-order valence-electron chi connectivity index (χ2n) is 5.42. The second kappa shape index (κ2) is 6.26. The number of nitrogens with one attached hydrogen (secondary N) is 3. The van der Waals surface area contributed by atoms with Crippen molar-refractivity contribution in [3.63, 3.8) is 0 Å². The quantitative estimate of drug-likeness (QED) is 0.668. The van der Waals surface area contributed by atoms with E-state index in [0.717, 1.165) is 0 Å².